The lowest BCUT2D eigenvalue weighted by molar-refractivity contribution is -0.116. The molecule has 1 aromatic carbocycles. The zero-order valence-electron chi connectivity index (χ0n) is 11.0. The average molecular weight is 270 g/mol. The molecule has 1 N–H and O–H groups in total. The number of Topliss-reactive ketones (excluding diaryl/α,β-unsaturated/α-hetero) is 1. The van der Waals surface area contributed by atoms with Gasteiger partial charge in [-0.3, -0.25) is 14.4 Å². The summed E-state index contributed by atoms with van der Waals surface area (Å²) in [5.74, 6) is -0.326. The molecule has 2 aromatic rings. The molecule has 0 bridgehead atoms. The molecule has 20 heavy (non-hydrogen) atoms. The first-order valence-corrected chi connectivity index (χ1v) is 6.12. The molecule has 0 aliphatic rings. The topological polar surface area (TPSA) is 68.2 Å². The number of benzene rings is 1. The number of nitrogens with one attached hydrogen (secondary N) is 1. The smallest absolute Gasteiger partial charge is 0.250 e. The monoisotopic (exact) mass is 270 g/mol. The minimum absolute atomic E-state index is 0.0290. The van der Waals surface area contributed by atoms with Gasteiger partial charge in [-0.05, 0) is 37.3 Å². The van der Waals surface area contributed by atoms with Crippen LogP contribution >= 0.6 is 0 Å². The van der Waals surface area contributed by atoms with E-state index < -0.39 is 0 Å². The van der Waals surface area contributed by atoms with Gasteiger partial charge in [0.15, 0.2) is 5.78 Å². The normalized spacial score (nSPS) is 10.1. The number of nitrogens with zero attached hydrogens (tertiary/aromatic N) is 1. The lowest BCUT2D eigenvalue weighted by Crippen LogP contribution is -2.26. The van der Waals surface area contributed by atoms with Crippen molar-refractivity contribution in [3.63, 3.8) is 0 Å². The molecule has 0 atom stereocenters. The van der Waals surface area contributed by atoms with Gasteiger partial charge < -0.3 is 9.88 Å². The highest BCUT2D eigenvalue weighted by molar-refractivity contribution is 5.95. The van der Waals surface area contributed by atoms with Crippen LogP contribution in [0.25, 0.3) is 0 Å². The molecule has 0 saturated carbocycles. The van der Waals surface area contributed by atoms with Crippen LogP contribution < -0.4 is 10.9 Å². The van der Waals surface area contributed by atoms with Crippen molar-refractivity contribution in [2.24, 2.45) is 0 Å². The SMILES string of the molecule is CC(=O)c1ccc(NC(=O)Cn2ccccc2=O)cc1. The summed E-state index contributed by atoms with van der Waals surface area (Å²) in [4.78, 5) is 34.4. The minimum atomic E-state index is -0.297. The lowest BCUT2D eigenvalue weighted by atomic mass is 10.1. The average Bonchev–Trinajstić information content (AvgIpc) is 2.42. The zero-order chi connectivity index (χ0) is 14.5. The van der Waals surface area contributed by atoms with E-state index >= 15 is 0 Å². The Balaban J connectivity index is 2.03. The second kappa shape index (κ2) is 5.97. The summed E-state index contributed by atoms with van der Waals surface area (Å²) in [7, 11) is 0. The third-order valence-electron chi connectivity index (χ3n) is 2.79. The van der Waals surface area contributed by atoms with Crippen molar-refractivity contribution in [3.05, 3.63) is 64.6 Å². The Morgan fingerprint density at radius 3 is 2.40 bits per heavy atom. The van der Waals surface area contributed by atoms with Crippen molar-refractivity contribution in [1.82, 2.24) is 4.57 Å². The third kappa shape index (κ3) is 3.41. The van der Waals surface area contributed by atoms with E-state index in [1.165, 1.54) is 17.6 Å². The maximum absolute atomic E-state index is 11.8. The molecule has 0 radical (unpaired) electrons. The number of rotatable bonds is 4. The molecule has 5 nitrogen and oxygen atoms in total. The van der Waals surface area contributed by atoms with Gasteiger partial charge in [0.1, 0.15) is 6.54 Å². The van der Waals surface area contributed by atoms with Crippen molar-refractivity contribution in [2.45, 2.75) is 13.5 Å². The highest BCUT2D eigenvalue weighted by Gasteiger charge is 2.05. The fraction of sp³-hybridized carbons (Fsp3) is 0.133. The number of hydrogen-bond donors (Lipinski definition) is 1. The van der Waals surface area contributed by atoms with Crippen LogP contribution in [-0.2, 0) is 11.3 Å². The van der Waals surface area contributed by atoms with Gasteiger partial charge in [0.25, 0.3) is 5.56 Å². The summed E-state index contributed by atoms with van der Waals surface area (Å²) in [5, 5.41) is 2.67. The Morgan fingerprint density at radius 1 is 1.10 bits per heavy atom. The fourth-order valence-electron chi connectivity index (χ4n) is 1.73. The van der Waals surface area contributed by atoms with E-state index in [4.69, 9.17) is 0 Å². The van der Waals surface area contributed by atoms with Crippen molar-refractivity contribution in [2.75, 3.05) is 5.32 Å². The van der Waals surface area contributed by atoms with Gasteiger partial charge in [-0.15, -0.1) is 0 Å². The molecule has 0 saturated heterocycles. The minimum Gasteiger partial charge on any atom is -0.325 e. The number of anilines is 1. The van der Waals surface area contributed by atoms with Crippen LogP contribution in [0.2, 0.25) is 0 Å². The molecule has 1 aromatic heterocycles. The van der Waals surface area contributed by atoms with Gasteiger partial charge in [-0.25, -0.2) is 0 Å². The summed E-state index contributed by atoms with van der Waals surface area (Å²) < 4.78 is 1.32. The van der Waals surface area contributed by atoms with Crippen molar-refractivity contribution in [1.29, 1.82) is 0 Å². The highest BCUT2D eigenvalue weighted by Crippen LogP contribution is 2.10. The summed E-state index contributed by atoms with van der Waals surface area (Å²) in [6.45, 7) is 1.43. The van der Waals surface area contributed by atoms with Crippen LogP contribution in [-0.4, -0.2) is 16.3 Å². The van der Waals surface area contributed by atoms with Gasteiger partial charge >= 0.3 is 0 Å². The summed E-state index contributed by atoms with van der Waals surface area (Å²) >= 11 is 0. The Labute approximate surface area is 115 Å². The zero-order valence-corrected chi connectivity index (χ0v) is 11.0. The van der Waals surface area contributed by atoms with E-state index in [1.54, 1.807) is 42.6 Å². The van der Waals surface area contributed by atoms with Gasteiger partial charge in [0.05, 0.1) is 0 Å². The molecular weight excluding hydrogens is 256 g/mol. The molecule has 0 aliphatic carbocycles. The maximum Gasteiger partial charge on any atom is 0.250 e. The first-order valence-electron chi connectivity index (χ1n) is 6.12. The highest BCUT2D eigenvalue weighted by atomic mass is 16.2. The molecule has 5 heteroatoms. The van der Waals surface area contributed by atoms with E-state index in [9.17, 15) is 14.4 Å². The van der Waals surface area contributed by atoms with Crippen molar-refractivity contribution >= 4 is 17.4 Å². The first-order chi connectivity index (χ1) is 9.56. The Morgan fingerprint density at radius 2 is 1.80 bits per heavy atom. The first kappa shape index (κ1) is 13.7. The van der Waals surface area contributed by atoms with E-state index in [2.05, 4.69) is 5.32 Å². The Kier molecular flexibility index (Phi) is 4.10. The summed E-state index contributed by atoms with van der Waals surface area (Å²) in [6.07, 6.45) is 1.56. The number of amides is 1. The summed E-state index contributed by atoms with van der Waals surface area (Å²) in [6, 6.07) is 11.3. The number of hydrogen-bond acceptors (Lipinski definition) is 3. The van der Waals surface area contributed by atoms with Crippen LogP contribution in [0.5, 0.6) is 0 Å². The van der Waals surface area contributed by atoms with E-state index in [0.717, 1.165) is 0 Å². The van der Waals surface area contributed by atoms with E-state index in [1.807, 2.05) is 0 Å². The molecule has 0 fully saturated rings. The fourth-order valence-corrected chi connectivity index (χ4v) is 1.73. The van der Waals surface area contributed by atoms with E-state index in [-0.39, 0.29) is 23.8 Å². The largest absolute Gasteiger partial charge is 0.325 e. The second-order valence-electron chi connectivity index (χ2n) is 4.35. The van der Waals surface area contributed by atoms with Gasteiger partial charge in [0.2, 0.25) is 5.91 Å². The van der Waals surface area contributed by atoms with Crippen LogP contribution in [0.3, 0.4) is 0 Å². The van der Waals surface area contributed by atoms with Crippen molar-refractivity contribution < 1.29 is 9.59 Å². The molecular formula is C15H14N2O3. The van der Waals surface area contributed by atoms with Crippen LogP contribution in [0.1, 0.15) is 17.3 Å². The van der Waals surface area contributed by atoms with Crippen LogP contribution in [0.15, 0.2) is 53.5 Å². The molecule has 1 heterocycles. The van der Waals surface area contributed by atoms with Gasteiger partial charge in [-0.2, -0.15) is 0 Å². The van der Waals surface area contributed by atoms with Gasteiger partial charge in [-0.1, -0.05) is 6.07 Å². The van der Waals surface area contributed by atoms with Crippen LogP contribution in [0.4, 0.5) is 5.69 Å². The number of aromatic nitrogens is 1. The lowest BCUT2D eigenvalue weighted by Gasteiger charge is -2.07. The number of carbonyl (C=O) groups is 2. The van der Waals surface area contributed by atoms with Gasteiger partial charge in [0, 0.05) is 23.5 Å². The molecule has 102 valence electrons. The predicted octanol–water partition coefficient (Wildman–Crippen LogP) is 1.69. The summed E-state index contributed by atoms with van der Waals surface area (Å²) in [5.41, 5.74) is 0.945. The molecule has 0 spiro atoms. The second-order valence-corrected chi connectivity index (χ2v) is 4.35. The molecule has 0 aliphatic heterocycles. The Hall–Kier alpha value is -2.69. The van der Waals surface area contributed by atoms with Crippen molar-refractivity contribution in [3.8, 4) is 0 Å². The third-order valence-corrected chi connectivity index (χ3v) is 2.79. The maximum atomic E-state index is 11.8. The molecule has 0 unspecified atom stereocenters. The number of pyridine rings is 1. The van der Waals surface area contributed by atoms with E-state index in [0.29, 0.717) is 11.3 Å². The Bertz CT molecular complexity index is 687. The predicted molar refractivity (Wildman–Crippen MR) is 75.8 cm³/mol. The number of ketones is 1. The standard InChI is InChI=1S/C15H14N2O3/c1-11(18)12-5-7-13(8-6-12)16-14(19)10-17-9-3-2-4-15(17)20/h2-9H,10H2,1H3,(H,16,19). The number of carbonyl (C=O) groups excluding carboxylic acids is 2. The molecule has 1 amide bonds. The quantitative estimate of drug-likeness (QED) is 0.860. The molecule has 2 rings (SSSR count). The van der Waals surface area contributed by atoms with Crippen LogP contribution in [0, 0.1) is 0 Å².